The number of nitriles is 1. The van der Waals surface area contributed by atoms with Crippen LogP contribution >= 0.6 is 0 Å². The molecular weight excluding hydrogens is 380 g/mol. The van der Waals surface area contributed by atoms with Crippen LogP contribution in [0.25, 0.3) is 11.3 Å². The van der Waals surface area contributed by atoms with Crippen LogP contribution in [0.2, 0.25) is 0 Å². The minimum Gasteiger partial charge on any atom is -0.468 e. The molecule has 7 heteroatoms. The first-order chi connectivity index (χ1) is 14.6. The molecule has 4 rings (SSSR count). The third kappa shape index (κ3) is 3.89. The van der Waals surface area contributed by atoms with Crippen LogP contribution in [0, 0.1) is 11.3 Å². The Morgan fingerprint density at radius 3 is 2.80 bits per heavy atom. The smallest absolute Gasteiger partial charge is 0.319 e. The highest BCUT2D eigenvalue weighted by Crippen LogP contribution is 2.35. The second kappa shape index (κ2) is 8.82. The quantitative estimate of drug-likeness (QED) is 0.722. The molecule has 0 bridgehead atoms. The number of carbonyl (C=O) groups excluding carboxylic acids is 1. The predicted molar refractivity (Wildman–Crippen MR) is 113 cm³/mol. The lowest BCUT2D eigenvalue weighted by atomic mass is 9.93. The lowest BCUT2D eigenvalue weighted by molar-refractivity contribution is -0.142. The first-order valence-electron chi connectivity index (χ1n) is 10.3. The Morgan fingerprint density at radius 1 is 1.30 bits per heavy atom. The number of fused-ring (bicyclic) bond motifs is 1. The summed E-state index contributed by atoms with van der Waals surface area (Å²) in [4.78, 5) is 21.0. The van der Waals surface area contributed by atoms with Gasteiger partial charge in [0.1, 0.15) is 11.9 Å². The van der Waals surface area contributed by atoms with Crippen LogP contribution in [0.5, 0.6) is 0 Å². The molecule has 0 N–H and O–H groups in total. The van der Waals surface area contributed by atoms with E-state index in [1.54, 1.807) is 0 Å². The van der Waals surface area contributed by atoms with Crippen LogP contribution in [0.1, 0.15) is 23.6 Å². The minimum atomic E-state index is -0.230. The van der Waals surface area contributed by atoms with Crippen LogP contribution in [0.15, 0.2) is 30.3 Å². The number of aromatic nitrogens is 1. The number of benzene rings is 1. The molecule has 0 radical (unpaired) electrons. The number of methoxy groups -OCH3 is 1. The Labute approximate surface area is 176 Å². The number of hydrogen-bond donors (Lipinski definition) is 0. The van der Waals surface area contributed by atoms with E-state index in [0.29, 0.717) is 44.8 Å². The van der Waals surface area contributed by atoms with Crippen LogP contribution in [0.4, 0.5) is 5.82 Å². The number of carbonyl (C=O) groups is 1. The van der Waals surface area contributed by atoms with Gasteiger partial charge in [0.05, 0.1) is 38.1 Å². The highest BCUT2D eigenvalue weighted by molar-refractivity contribution is 5.73. The molecule has 30 heavy (non-hydrogen) atoms. The number of nitrogens with zero attached hydrogens (tertiary/aromatic N) is 4. The van der Waals surface area contributed by atoms with E-state index >= 15 is 0 Å². The molecular formula is C23H26N4O3. The molecule has 156 valence electrons. The van der Waals surface area contributed by atoms with Gasteiger partial charge in [-0.25, -0.2) is 4.98 Å². The van der Waals surface area contributed by atoms with E-state index in [-0.39, 0.29) is 18.6 Å². The Morgan fingerprint density at radius 2 is 2.10 bits per heavy atom. The number of pyridine rings is 1. The molecule has 3 heterocycles. The third-order valence-corrected chi connectivity index (χ3v) is 5.92. The highest BCUT2D eigenvalue weighted by Gasteiger charge is 2.30. The number of piperazine rings is 1. The van der Waals surface area contributed by atoms with E-state index in [0.717, 1.165) is 28.2 Å². The maximum atomic E-state index is 11.7. The lowest BCUT2D eigenvalue weighted by Gasteiger charge is -2.40. The van der Waals surface area contributed by atoms with Crippen molar-refractivity contribution in [3.63, 3.8) is 0 Å². The van der Waals surface area contributed by atoms with Crippen molar-refractivity contribution in [3.05, 3.63) is 47.0 Å². The minimum absolute atomic E-state index is 0.144. The lowest BCUT2D eigenvalue weighted by Crippen LogP contribution is -2.53. The molecule has 2 aromatic rings. The van der Waals surface area contributed by atoms with Gasteiger partial charge < -0.3 is 14.4 Å². The van der Waals surface area contributed by atoms with Gasteiger partial charge in [0.2, 0.25) is 0 Å². The summed E-state index contributed by atoms with van der Waals surface area (Å²) in [6.45, 7) is 5.57. The summed E-state index contributed by atoms with van der Waals surface area (Å²) in [5.74, 6) is 0.507. The van der Waals surface area contributed by atoms with Gasteiger partial charge in [-0.2, -0.15) is 5.26 Å². The summed E-state index contributed by atoms with van der Waals surface area (Å²) in [6.07, 6.45) is 0.714. The molecule has 0 spiro atoms. The second-order valence-electron chi connectivity index (χ2n) is 7.74. The molecule has 1 aromatic carbocycles. The molecule has 0 saturated carbocycles. The standard InChI is InChI=1S/C23H26N4O3/c1-16-13-27(10-9-26(16)14-21(28)29-2)23-19(12-24)18-8-11-30-15-20(18)22(25-23)17-6-4-3-5-7-17/h3-7,16H,8-11,13-15H2,1-2H3. The second-order valence-corrected chi connectivity index (χ2v) is 7.74. The Kier molecular flexibility index (Phi) is 5.98. The van der Waals surface area contributed by atoms with Gasteiger partial charge in [0.25, 0.3) is 0 Å². The van der Waals surface area contributed by atoms with Crippen LogP contribution < -0.4 is 4.90 Å². The maximum absolute atomic E-state index is 11.7. The van der Waals surface area contributed by atoms with Crippen molar-refractivity contribution < 1.29 is 14.3 Å². The number of rotatable bonds is 4. The van der Waals surface area contributed by atoms with Crippen LogP contribution in [-0.4, -0.2) is 61.8 Å². The molecule has 0 amide bonds. The zero-order chi connectivity index (χ0) is 21.1. The number of esters is 1. The molecule has 0 aliphatic carbocycles. The van der Waals surface area contributed by atoms with Gasteiger partial charge in [0.15, 0.2) is 0 Å². The molecule has 2 aliphatic heterocycles. The van der Waals surface area contributed by atoms with Crippen LogP contribution in [-0.2, 0) is 27.3 Å². The first-order valence-corrected chi connectivity index (χ1v) is 10.3. The molecule has 2 aliphatic rings. The van der Waals surface area contributed by atoms with Crippen molar-refractivity contribution >= 4 is 11.8 Å². The fourth-order valence-corrected chi connectivity index (χ4v) is 4.27. The van der Waals surface area contributed by atoms with E-state index in [9.17, 15) is 10.1 Å². The van der Waals surface area contributed by atoms with E-state index in [1.165, 1.54) is 7.11 Å². The van der Waals surface area contributed by atoms with Crippen molar-refractivity contribution in [3.8, 4) is 17.3 Å². The molecule has 7 nitrogen and oxygen atoms in total. The van der Waals surface area contributed by atoms with Gasteiger partial charge >= 0.3 is 5.97 Å². The maximum Gasteiger partial charge on any atom is 0.319 e. The normalized spacial score (nSPS) is 19.1. The Hall–Kier alpha value is -2.95. The molecule has 1 saturated heterocycles. The molecule has 1 unspecified atom stereocenters. The summed E-state index contributed by atoms with van der Waals surface area (Å²) in [5.41, 5.74) is 4.65. The number of ether oxygens (including phenoxy) is 2. The average Bonchev–Trinajstić information content (AvgIpc) is 2.79. The summed E-state index contributed by atoms with van der Waals surface area (Å²) in [7, 11) is 1.41. The summed E-state index contributed by atoms with van der Waals surface area (Å²) in [5, 5.41) is 10.0. The van der Waals surface area contributed by atoms with E-state index in [1.807, 2.05) is 30.3 Å². The predicted octanol–water partition coefficient (Wildman–Crippen LogP) is 2.38. The van der Waals surface area contributed by atoms with Gasteiger partial charge in [-0.1, -0.05) is 30.3 Å². The van der Waals surface area contributed by atoms with Crippen molar-refractivity contribution in [2.75, 3.05) is 44.8 Å². The topological polar surface area (TPSA) is 78.7 Å². The third-order valence-electron chi connectivity index (χ3n) is 5.92. The van der Waals surface area contributed by atoms with Gasteiger partial charge in [-0.15, -0.1) is 0 Å². The molecule has 1 aromatic heterocycles. The summed E-state index contributed by atoms with van der Waals surface area (Å²) < 4.78 is 10.5. The van der Waals surface area contributed by atoms with Gasteiger partial charge in [0, 0.05) is 36.8 Å². The summed E-state index contributed by atoms with van der Waals surface area (Å²) in [6, 6.07) is 12.6. The largest absolute Gasteiger partial charge is 0.468 e. The highest BCUT2D eigenvalue weighted by atomic mass is 16.5. The monoisotopic (exact) mass is 406 g/mol. The van der Waals surface area contributed by atoms with E-state index in [4.69, 9.17) is 14.5 Å². The van der Waals surface area contributed by atoms with Crippen molar-refractivity contribution in [2.45, 2.75) is 26.0 Å². The Balaban J connectivity index is 1.72. The first kappa shape index (κ1) is 20.3. The van der Waals surface area contributed by atoms with Gasteiger partial charge in [-0.3, -0.25) is 9.69 Å². The van der Waals surface area contributed by atoms with Crippen LogP contribution in [0.3, 0.4) is 0 Å². The fourth-order valence-electron chi connectivity index (χ4n) is 4.27. The number of anilines is 1. The molecule has 1 atom stereocenters. The zero-order valence-corrected chi connectivity index (χ0v) is 17.4. The van der Waals surface area contributed by atoms with Crippen molar-refractivity contribution in [1.82, 2.24) is 9.88 Å². The van der Waals surface area contributed by atoms with Crippen molar-refractivity contribution in [1.29, 1.82) is 5.26 Å². The van der Waals surface area contributed by atoms with Crippen molar-refractivity contribution in [2.24, 2.45) is 0 Å². The van der Waals surface area contributed by atoms with Gasteiger partial charge in [-0.05, 0) is 18.9 Å². The SMILES string of the molecule is COC(=O)CN1CCN(c2nc(-c3ccccc3)c3c(c2C#N)CCOC3)CC1C. The van der Waals surface area contributed by atoms with E-state index in [2.05, 4.69) is 22.8 Å². The number of hydrogen-bond acceptors (Lipinski definition) is 7. The summed E-state index contributed by atoms with van der Waals surface area (Å²) >= 11 is 0. The fraction of sp³-hybridized carbons (Fsp3) is 0.435. The average molecular weight is 406 g/mol. The zero-order valence-electron chi connectivity index (χ0n) is 17.4. The Bertz CT molecular complexity index is 971. The molecule has 1 fully saturated rings. The van der Waals surface area contributed by atoms with E-state index < -0.39 is 0 Å².